The fraction of sp³-hybridized carbons (Fsp3) is 0.300. The SMILES string of the molecule is CCN(Cc1ccc(Cl)nc1)C1=C([N+](=O)[O-])C(c2ccc(Cl)cc2Cl)CC(=O)N1C. The summed E-state index contributed by atoms with van der Waals surface area (Å²) in [5.41, 5.74) is 1.23. The molecule has 3 rings (SSSR count). The number of carbonyl (C=O) groups excluding carboxylic acids is 1. The summed E-state index contributed by atoms with van der Waals surface area (Å²) in [5.74, 6) is -0.787. The fourth-order valence-corrected chi connectivity index (χ4v) is 4.19. The molecule has 1 aromatic heterocycles. The molecule has 7 nitrogen and oxygen atoms in total. The van der Waals surface area contributed by atoms with Crippen molar-refractivity contribution in [3.63, 3.8) is 0 Å². The van der Waals surface area contributed by atoms with Crippen LogP contribution in [0, 0.1) is 10.1 Å². The van der Waals surface area contributed by atoms with E-state index in [2.05, 4.69) is 4.98 Å². The molecule has 0 bridgehead atoms. The molecule has 10 heteroatoms. The number of hydrogen-bond acceptors (Lipinski definition) is 5. The molecule has 0 spiro atoms. The van der Waals surface area contributed by atoms with Crippen molar-refractivity contribution >= 4 is 40.7 Å². The van der Waals surface area contributed by atoms with Crippen molar-refractivity contribution in [2.24, 2.45) is 0 Å². The second kappa shape index (κ2) is 9.20. The first kappa shape index (κ1) is 22.3. The minimum absolute atomic E-state index is 0.0578. The molecule has 1 amide bonds. The van der Waals surface area contributed by atoms with Gasteiger partial charge in [0.05, 0.1) is 10.8 Å². The Balaban J connectivity index is 2.13. The molecule has 0 aliphatic carbocycles. The van der Waals surface area contributed by atoms with Gasteiger partial charge in [-0.3, -0.25) is 19.8 Å². The van der Waals surface area contributed by atoms with Gasteiger partial charge in [0.25, 0.3) is 5.70 Å². The number of aromatic nitrogens is 1. The van der Waals surface area contributed by atoms with Gasteiger partial charge in [0.1, 0.15) is 5.15 Å². The van der Waals surface area contributed by atoms with Crippen LogP contribution in [-0.4, -0.2) is 39.2 Å². The van der Waals surface area contributed by atoms with E-state index in [0.29, 0.717) is 28.8 Å². The van der Waals surface area contributed by atoms with Crippen molar-refractivity contribution < 1.29 is 9.72 Å². The lowest BCUT2D eigenvalue weighted by Gasteiger charge is -2.36. The Hall–Kier alpha value is -2.35. The molecular weight excluding hydrogens is 451 g/mol. The molecule has 0 saturated heterocycles. The van der Waals surface area contributed by atoms with E-state index in [1.54, 1.807) is 42.4 Å². The average Bonchev–Trinajstić information content (AvgIpc) is 2.69. The first-order valence-electron chi connectivity index (χ1n) is 9.18. The van der Waals surface area contributed by atoms with Crippen LogP contribution in [0.25, 0.3) is 0 Å². The van der Waals surface area contributed by atoms with E-state index < -0.39 is 10.8 Å². The number of pyridine rings is 1. The summed E-state index contributed by atoms with van der Waals surface area (Å²) in [6.07, 6.45) is 1.55. The maximum Gasteiger partial charge on any atom is 0.294 e. The van der Waals surface area contributed by atoms with Crippen LogP contribution in [0.4, 0.5) is 0 Å². The molecule has 1 unspecified atom stereocenters. The normalized spacial score (nSPS) is 16.8. The van der Waals surface area contributed by atoms with E-state index in [4.69, 9.17) is 34.8 Å². The molecule has 2 aromatic rings. The molecule has 1 aliphatic heterocycles. The summed E-state index contributed by atoms with van der Waals surface area (Å²) in [5, 5.41) is 13.2. The summed E-state index contributed by atoms with van der Waals surface area (Å²) in [6, 6.07) is 8.21. The fourth-order valence-electron chi connectivity index (χ4n) is 3.54. The summed E-state index contributed by atoms with van der Waals surface area (Å²) in [7, 11) is 1.55. The van der Waals surface area contributed by atoms with Gasteiger partial charge in [0.2, 0.25) is 5.91 Å². The van der Waals surface area contributed by atoms with Crippen LogP contribution in [0.5, 0.6) is 0 Å². The first-order valence-corrected chi connectivity index (χ1v) is 10.3. The Morgan fingerprint density at radius 3 is 2.57 bits per heavy atom. The average molecular weight is 470 g/mol. The van der Waals surface area contributed by atoms with E-state index >= 15 is 0 Å². The van der Waals surface area contributed by atoms with Gasteiger partial charge in [0, 0.05) is 42.8 Å². The molecule has 30 heavy (non-hydrogen) atoms. The van der Waals surface area contributed by atoms with Gasteiger partial charge in [-0.1, -0.05) is 46.9 Å². The van der Waals surface area contributed by atoms with Crippen LogP contribution in [0.2, 0.25) is 15.2 Å². The number of carbonyl (C=O) groups is 1. The van der Waals surface area contributed by atoms with Gasteiger partial charge in [-0.25, -0.2) is 4.98 Å². The van der Waals surface area contributed by atoms with Gasteiger partial charge in [-0.05, 0) is 36.2 Å². The highest BCUT2D eigenvalue weighted by Gasteiger charge is 2.43. The van der Waals surface area contributed by atoms with Crippen LogP contribution >= 0.6 is 34.8 Å². The number of allylic oxidation sites excluding steroid dienone is 1. The number of amides is 1. The third-order valence-electron chi connectivity index (χ3n) is 5.01. The topological polar surface area (TPSA) is 79.6 Å². The van der Waals surface area contributed by atoms with Crippen LogP contribution in [0.1, 0.15) is 30.4 Å². The zero-order valence-electron chi connectivity index (χ0n) is 16.3. The lowest BCUT2D eigenvalue weighted by molar-refractivity contribution is -0.434. The Labute approximate surface area is 189 Å². The smallest absolute Gasteiger partial charge is 0.294 e. The van der Waals surface area contributed by atoms with Crippen molar-refractivity contribution in [2.75, 3.05) is 13.6 Å². The zero-order valence-corrected chi connectivity index (χ0v) is 18.6. The monoisotopic (exact) mass is 468 g/mol. The molecule has 0 fully saturated rings. The van der Waals surface area contributed by atoms with E-state index in [0.717, 1.165) is 5.56 Å². The van der Waals surface area contributed by atoms with E-state index in [1.165, 1.54) is 11.0 Å². The molecule has 158 valence electrons. The Morgan fingerprint density at radius 1 is 1.27 bits per heavy atom. The third kappa shape index (κ3) is 4.53. The number of hydrogen-bond donors (Lipinski definition) is 0. The quantitative estimate of drug-likeness (QED) is 0.339. The molecule has 1 atom stereocenters. The van der Waals surface area contributed by atoms with Gasteiger partial charge in [0.15, 0.2) is 5.82 Å². The summed E-state index contributed by atoms with van der Waals surface area (Å²) in [4.78, 5) is 31.7. The lowest BCUT2D eigenvalue weighted by Crippen LogP contribution is -2.43. The molecule has 0 radical (unpaired) electrons. The van der Waals surface area contributed by atoms with Gasteiger partial charge in [-0.2, -0.15) is 0 Å². The number of nitrogens with zero attached hydrogens (tertiary/aromatic N) is 4. The van der Waals surface area contributed by atoms with E-state index in [-0.39, 0.29) is 28.9 Å². The molecule has 1 aliphatic rings. The van der Waals surface area contributed by atoms with Gasteiger partial charge < -0.3 is 4.90 Å². The van der Waals surface area contributed by atoms with Crippen molar-refractivity contribution in [1.82, 2.24) is 14.8 Å². The maximum absolute atomic E-state index is 12.8. The highest BCUT2D eigenvalue weighted by molar-refractivity contribution is 6.35. The number of rotatable bonds is 6. The summed E-state index contributed by atoms with van der Waals surface area (Å²) < 4.78 is 0. The van der Waals surface area contributed by atoms with Crippen molar-refractivity contribution in [3.05, 3.63) is 84.5 Å². The predicted octanol–water partition coefficient (Wildman–Crippen LogP) is 4.96. The Morgan fingerprint density at radius 2 is 2.00 bits per heavy atom. The molecule has 2 heterocycles. The van der Waals surface area contributed by atoms with E-state index in [1.807, 2.05) is 6.92 Å². The highest BCUT2D eigenvalue weighted by Crippen LogP contribution is 2.40. The maximum atomic E-state index is 12.8. The van der Waals surface area contributed by atoms with Crippen molar-refractivity contribution in [1.29, 1.82) is 0 Å². The van der Waals surface area contributed by atoms with E-state index in [9.17, 15) is 14.9 Å². The predicted molar refractivity (Wildman–Crippen MR) is 116 cm³/mol. The van der Waals surface area contributed by atoms with Crippen molar-refractivity contribution in [3.8, 4) is 0 Å². The second-order valence-electron chi connectivity index (χ2n) is 6.84. The van der Waals surface area contributed by atoms with Gasteiger partial charge in [-0.15, -0.1) is 0 Å². The lowest BCUT2D eigenvalue weighted by atomic mass is 9.89. The van der Waals surface area contributed by atoms with Gasteiger partial charge >= 0.3 is 0 Å². The van der Waals surface area contributed by atoms with Crippen molar-refractivity contribution in [2.45, 2.75) is 25.8 Å². The minimum atomic E-state index is -0.791. The summed E-state index contributed by atoms with van der Waals surface area (Å²) >= 11 is 18.2. The largest absolute Gasteiger partial charge is 0.348 e. The zero-order chi connectivity index (χ0) is 22.0. The van der Waals surface area contributed by atoms with Crippen LogP contribution in [-0.2, 0) is 11.3 Å². The molecule has 0 saturated carbocycles. The second-order valence-corrected chi connectivity index (χ2v) is 8.08. The standard InChI is InChI=1S/C20H19Cl3N4O3/c1-3-26(11-12-4-7-17(23)24-10-12)20-19(27(29)30)15(9-18(28)25(20)2)14-6-5-13(21)8-16(14)22/h4-8,10,15H,3,9,11H2,1-2H3. The highest BCUT2D eigenvalue weighted by atomic mass is 35.5. The van der Waals surface area contributed by atoms with Crippen LogP contribution in [0.15, 0.2) is 48.0 Å². The Bertz CT molecular complexity index is 1010. The van der Waals surface area contributed by atoms with Crippen LogP contribution in [0.3, 0.4) is 0 Å². The summed E-state index contributed by atoms with van der Waals surface area (Å²) in [6.45, 7) is 2.63. The van der Waals surface area contributed by atoms with Crippen LogP contribution < -0.4 is 0 Å². The molecule has 0 N–H and O–H groups in total. The number of halogens is 3. The Kier molecular flexibility index (Phi) is 6.85. The third-order valence-corrected chi connectivity index (χ3v) is 5.79. The number of benzene rings is 1. The minimum Gasteiger partial charge on any atom is -0.348 e. The first-order chi connectivity index (χ1) is 14.2. The molecule has 1 aromatic carbocycles. The number of nitro groups is 1. The molecular formula is C20H19Cl3N4O3.